The Morgan fingerprint density at radius 2 is 2.29 bits per heavy atom. The highest BCUT2D eigenvalue weighted by atomic mass is 15.1. The van der Waals surface area contributed by atoms with Crippen LogP contribution in [0.25, 0.3) is 0 Å². The Morgan fingerprint density at radius 1 is 1.50 bits per heavy atom. The minimum atomic E-state index is 0.527. The normalized spacial score (nSPS) is 11.2. The average molecular weight is 193 g/mol. The summed E-state index contributed by atoms with van der Waals surface area (Å²) in [5.74, 6) is 0. The molecule has 0 aromatic carbocycles. The number of aromatic nitrogens is 1. The second-order valence-electron chi connectivity index (χ2n) is 3.71. The number of rotatable bonds is 5. The van der Waals surface area contributed by atoms with Crippen molar-refractivity contribution in [2.24, 2.45) is 5.73 Å². The molecular formula is C11H19N3. The fraction of sp³-hybridized carbons (Fsp3) is 0.545. The zero-order chi connectivity index (χ0) is 10.4. The van der Waals surface area contributed by atoms with Crippen LogP contribution in [0.2, 0.25) is 0 Å². The summed E-state index contributed by atoms with van der Waals surface area (Å²) in [4.78, 5) is 6.44. The van der Waals surface area contributed by atoms with E-state index in [9.17, 15) is 0 Å². The summed E-state index contributed by atoms with van der Waals surface area (Å²) in [6.45, 7) is 6.95. The second-order valence-corrected chi connectivity index (χ2v) is 3.71. The van der Waals surface area contributed by atoms with Crippen molar-refractivity contribution in [1.29, 1.82) is 0 Å². The number of hydrogen-bond acceptors (Lipinski definition) is 3. The molecule has 0 atom stereocenters. The predicted molar refractivity (Wildman–Crippen MR) is 58.8 cm³/mol. The Balaban J connectivity index is 2.55. The van der Waals surface area contributed by atoms with Crippen molar-refractivity contribution >= 4 is 0 Å². The highest BCUT2D eigenvalue weighted by Gasteiger charge is 2.08. The smallest absolute Gasteiger partial charge is 0.0312 e. The zero-order valence-corrected chi connectivity index (χ0v) is 8.98. The SMILES string of the molecule is CC(C)N(CCN)Cc1cccnc1. The number of pyridine rings is 1. The lowest BCUT2D eigenvalue weighted by Gasteiger charge is -2.25. The van der Waals surface area contributed by atoms with Crippen LogP contribution in [0.15, 0.2) is 24.5 Å². The zero-order valence-electron chi connectivity index (χ0n) is 8.98. The van der Waals surface area contributed by atoms with Gasteiger partial charge in [0.15, 0.2) is 0 Å². The molecule has 0 spiro atoms. The maximum Gasteiger partial charge on any atom is 0.0312 e. The van der Waals surface area contributed by atoms with E-state index in [2.05, 4.69) is 29.8 Å². The van der Waals surface area contributed by atoms with Crippen molar-refractivity contribution in [2.75, 3.05) is 13.1 Å². The van der Waals surface area contributed by atoms with Crippen molar-refractivity contribution in [2.45, 2.75) is 26.4 Å². The monoisotopic (exact) mass is 193 g/mol. The van der Waals surface area contributed by atoms with Gasteiger partial charge in [0, 0.05) is 38.1 Å². The molecule has 0 aliphatic heterocycles. The van der Waals surface area contributed by atoms with Crippen molar-refractivity contribution in [1.82, 2.24) is 9.88 Å². The maximum absolute atomic E-state index is 5.56. The summed E-state index contributed by atoms with van der Waals surface area (Å²) in [6, 6.07) is 4.59. The molecule has 1 rings (SSSR count). The topological polar surface area (TPSA) is 42.1 Å². The Hall–Kier alpha value is -0.930. The summed E-state index contributed by atoms with van der Waals surface area (Å²) in [5, 5.41) is 0. The standard InChI is InChI=1S/C11H19N3/c1-10(2)14(7-5-12)9-11-4-3-6-13-8-11/h3-4,6,8,10H,5,7,9,12H2,1-2H3. The van der Waals surface area contributed by atoms with Crippen LogP contribution in [-0.4, -0.2) is 29.0 Å². The average Bonchev–Trinajstić information content (AvgIpc) is 2.18. The largest absolute Gasteiger partial charge is 0.329 e. The molecule has 14 heavy (non-hydrogen) atoms. The molecule has 0 unspecified atom stereocenters. The second kappa shape index (κ2) is 5.73. The van der Waals surface area contributed by atoms with Crippen LogP contribution in [0.4, 0.5) is 0 Å². The van der Waals surface area contributed by atoms with Crippen LogP contribution in [0.3, 0.4) is 0 Å². The third-order valence-electron chi connectivity index (χ3n) is 2.26. The molecule has 3 heteroatoms. The van der Waals surface area contributed by atoms with Crippen LogP contribution < -0.4 is 5.73 Å². The Morgan fingerprint density at radius 3 is 2.79 bits per heavy atom. The molecule has 2 N–H and O–H groups in total. The van der Waals surface area contributed by atoms with Gasteiger partial charge in [-0.1, -0.05) is 6.07 Å². The van der Waals surface area contributed by atoms with Gasteiger partial charge < -0.3 is 5.73 Å². The molecule has 0 saturated carbocycles. The van der Waals surface area contributed by atoms with Gasteiger partial charge in [-0.05, 0) is 25.5 Å². The molecule has 0 fully saturated rings. The van der Waals surface area contributed by atoms with Gasteiger partial charge in [-0.2, -0.15) is 0 Å². The van der Waals surface area contributed by atoms with Crippen LogP contribution >= 0.6 is 0 Å². The molecule has 3 nitrogen and oxygen atoms in total. The van der Waals surface area contributed by atoms with E-state index in [1.807, 2.05) is 12.3 Å². The quantitative estimate of drug-likeness (QED) is 0.765. The first kappa shape index (κ1) is 11.1. The molecular weight excluding hydrogens is 174 g/mol. The molecule has 1 heterocycles. The van der Waals surface area contributed by atoms with Gasteiger partial charge in [-0.15, -0.1) is 0 Å². The van der Waals surface area contributed by atoms with E-state index in [1.165, 1.54) is 5.56 Å². The van der Waals surface area contributed by atoms with Crippen molar-refractivity contribution in [3.05, 3.63) is 30.1 Å². The lowest BCUT2D eigenvalue weighted by atomic mass is 10.2. The molecule has 0 saturated heterocycles. The van der Waals surface area contributed by atoms with Gasteiger partial charge in [0.05, 0.1) is 0 Å². The predicted octanol–water partition coefficient (Wildman–Crippen LogP) is 1.25. The first-order valence-corrected chi connectivity index (χ1v) is 5.07. The molecule has 0 amide bonds. The fourth-order valence-electron chi connectivity index (χ4n) is 1.41. The van der Waals surface area contributed by atoms with Crippen LogP contribution in [0.5, 0.6) is 0 Å². The molecule has 1 aromatic heterocycles. The van der Waals surface area contributed by atoms with E-state index >= 15 is 0 Å². The van der Waals surface area contributed by atoms with E-state index in [-0.39, 0.29) is 0 Å². The third-order valence-corrected chi connectivity index (χ3v) is 2.26. The third kappa shape index (κ3) is 3.44. The number of nitrogens with zero attached hydrogens (tertiary/aromatic N) is 2. The lowest BCUT2D eigenvalue weighted by molar-refractivity contribution is 0.219. The summed E-state index contributed by atoms with van der Waals surface area (Å²) in [6.07, 6.45) is 3.71. The highest BCUT2D eigenvalue weighted by Crippen LogP contribution is 2.05. The summed E-state index contributed by atoms with van der Waals surface area (Å²) < 4.78 is 0. The van der Waals surface area contributed by atoms with Gasteiger partial charge in [-0.3, -0.25) is 9.88 Å². The van der Waals surface area contributed by atoms with Crippen molar-refractivity contribution in [3.63, 3.8) is 0 Å². The Labute approximate surface area is 85.9 Å². The first-order valence-electron chi connectivity index (χ1n) is 5.07. The van der Waals surface area contributed by atoms with Gasteiger partial charge in [0.25, 0.3) is 0 Å². The van der Waals surface area contributed by atoms with Gasteiger partial charge in [0.1, 0.15) is 0 Å². The van der Waals surface area contributed by atoms with E-state index in [1.54, 1.807) is 6.20 Å². The minimum absolute atomic E-state index is 0.527. The molecule has 0 aliphatic carbocycles. The molecule has 78 valence electrons. The summed E-state index contributed by atoms with van der Waals surface area (Å²) >= 11 is 0. The van der Waals surface area contributed by atoms with E-state index in [0.29, 0.717) is 12.6 Å². The van der Waals surface area contributed by atoms with E-state index < -0.39 is 0 Å². The van der Waals surface area contributed by atoms with E-state index in [4.69, 9.17) is 5.73 Å². The number of hydrogen-bond donors (Lipinski definition) is 1. The Bertz CT molecular complexity index is 246. The first-order chi connectivity index (χ1) is 6.74. The fourth-order valence-corrected chi connectivity index (χ4v) is 1.41. The van der Waals surface area contributed by atoms with Crippen molar-refractivity contribution < 1.29 is 0 Å². The number of nitrogens with two attached hydrogens (primary N) is 1. The Kier molecular flexibility index (Phi) is 4.56. The van der Waals surface area contributed by atoms with Gasteiger partial charge >= 0.3 is 0 Å². The van der Waals surface area contributed by atoms with Crippen LogP contribution in [0.1, 0.15) is 19.4 Å². The maximum atomic E-state index is 5.56. The molecule has 0 radical (unpaired) electrons. The molecule has 0 aliphatic rings. The van der Waals surface area contributed by atoms with Crippen LogP contribution in [-0.2, 0) is 6.54 Å². The summed E-state index contributed by atoms with van der Waals surface area (Å²) in [7, 11) is 0. The van der Waals surface area contributed by atoms with E-state index in [0.717, 1.165) is 13.1 Å². The molecule has 0 bridgehead atoms. The van der Waals surface area contributed by atoms with Crippen LogP contribution in [0, 0.1) is 0 Å². The molecule has 1 aromatic rings. The van der Waals surface area contributed by atoms with Gasteiger partial charge in [-0.25, -0.2) is 0 Å². The highest BCUT2D eigenvalue weighted by molar-refractivity contribution is 5.08. The van der Waals surface area contributed by atoms with Crippen molar-refractivity contribution in [3.8, 4) is 0 Å². The summed E-state index contributed by atoms with van der Waals surface area (Å²) in [5.41, 5.74) is 6.81. The minimum Gasteiger partial charge on any atom is -0.329 e. The van der Waals surface area contributed by atoms with Gasteiger partial charge in [0.2, 0.25) is 0 Å². The lowest BCUT2D eigenvalue weighted by Crippen LogP contribution is -2.34.